The fraction of sp³-hybridized carbons (Fsp3) is 0.261. The number of rotatable bonds is 5. The van der Waals surface area contributed by atoms with Crippen molar-refractivity contribution in [3.63, 3.8) is 0 Å². The molecule has 5 nitrogen and oxygen atoms in total. The molecular weight excluding hydrogens is 384 g/mol. The van der Waals surface area contributed by atoms with Gasteiger partial charge in [-0.25, -0.2) is 4.79 Å². The van der Waals surface area contributed by atoms with E-state index in [1.165, 1.54) is 16.7 Å². The number of aryl methyl sites for hydroxylation is 2. The van der Waals surface area contributed by atoms with Crippen molar-refractivity contribution >= 4 is 29.3 Å². The second-order valence-electron chi connectivity index (χ2n) is 6.82. The molecule has 1 saturated heterocycles. The Hall–Kier alpha value is -3.04. The van der Waals surface area contributed by atoms with Crippen LogP contribution in [0.15, 0.2) is 59.1 Å². The number of thioether (sulfide) groups is 1. The van der Waals surface area contributed by atoms with Crippen LogP contribution in [-0.4, -0.2) is 23.7 Å². The van der Waals surface area contributed by atoms with Gasteiger partial charge in [0.1, 0.15) is 11.1 Å². The van der Waals surface area contributed by atoms with Crippen molar-refractivity contribution in [2.75, 3.05) is 11.5 Å². The highest BCUT2D eigenvalue weighted by atomic mass is 32.2. The summed E-state index contributed by atoms with van der Waals surface area (Å²) in [5.41, 5.74) is 3.70. The molecule has 0 spiro atoms. The molecule has 3 rings (SSSR count). The Kier molecular flexibility index (Phi) is 6.40. The monoisotopic (exact) mass is 406 g/mol. The molecule has 2 aromatic rings. The van der Waals surface area contributed by atoms with E-state index in [0.717, 1.165) is 16.7 Å². The van der Waals surface area contributed by atoms with E-state index in [1.54, 1.807) is 6.92 Å². The third-order valence-corrected chi connectivity index (χ3v) is 5.82. The van der Waals surface area contributed by atoms with Gasteiger partial charge in [-0.2, -0.15) is 5.26 Å². The second kappa shape index (κ2) is 8.97. The zero-order chi connectivity index (χ0) is 21.0. The molecule has 0 aromatic heterocycles. The molecule has 1 heterocycles. The van der Waals surface area contributed by atoms with E-state index >= 15 is 0 Å². The number of carbonyl (C=O) groups is 2. The molecule has 6 heteroatoms. The molecule has 0 radical (unpaired) electrons. The van der Waals surface area contributed by atoms with E-state index in [2.05, 4.69) is 0 Å². The molecule has 1 fully saturated rings. The molecule has 1 unspecified atom stereocenters. The zero-order valence-corrected chi connectivity index (χ0v) is 17.5. The van der Waals surface area contributed by atoms with Crippen LogP contribution in [0.2, 0.25) is 0 Å². The maximum atomic E-state index is 13.3. The van der Waals surface area contributed by atoms with Crippen LogP contribution in [0.25, 0.3) is 0 Å². The quantitative estimate of drug-likeness (QED) is 0.421. The first-order chi connectivity index (χ1) is 13.9. The van der Waals surface area contributed by atoms with E-state index < -0.39 is 11.2 Å². The highest BCUT2D eigenvalue weighted by Crippen LogP contribution is 2.42. The molecule has 0 N–H and O–H groups in total. The second-order valence-corrected chi connectivity index (χ2v) is 8.01. The Labute approximate surface area is 175 Å². The van der Waals surface area contributed by atoms with Gasteiger partial charge in [0, 0.05) is 5.69 Å². The number of ether oxygens (including phenoxy) is 1. The predicted octanol–water partition coefficient (Wildman–Crippen LogP) is 4.29. The van der Waals surface area contributed by atoms with Crippen LogP contribution in [0.3, 0.4) is 0 Å². The van der Waals surface area contributed by atoms with Crippen molar-refractivity contribution in [3.05, 3.63) is 75.8 Å². The van der Waals surface area contributed by atoms with Crippen LogP contribution in [0.1, 0.15) is 23.6 Å². The van der Waals surface area contributed by atoms with Crippen LogP contribution in [0.4, 0.5) is 5.69 Å². The molecule has 2 aromatic carbocycles. The summed E-state index contributed by atoms with van der Waals surface area (Å²) in [5, 5.41) is 9.54. The minimum absolute atomic E-state index is 0.141. The van der Waals surface area contributed by atoms with Crippen LogP contribution in [-0.2, 0) is 20.7 Å². The number of esters is 1. The summed E-state index contributed by atoms with van der Waals surface area (Å²) >= 11 is 1.25. The van der Waals surface area contributed by atoms with Crippen molar-refractivity contribution in [2.45, 2.75) is 32.4 Å². The fourth-order valence-electron chi connectivity index (χ4n) is 3.16. The minimum atomic E-state index is -0.710. The molecule has 1 atom stereocenters. The number of anilines is 1. The van der Waals surface area contributed by atoms with Crippen molar-refractivity contribution in [1.82, 2.24) is 0 Å². The van der Waals surface area contributed by atoms with Crippen molar-refractivity contribution < 1.29 is 14.3 Å². The molecular formula is C23H22N2O3S. The molecule has 148 valence electrons. The largest absolute Gasteiger partial charge is 0.462 e. The Morgan fingerprint density at radius 1 is 1.17 bits per heavy atom. The highest BCUT2D eigenvalue weighted by Gasteiger charge is 2.41. The van der Waals surface area contributed by atoms with Crippen LogP contribution in [0, 0.1) is 25.2 Å². The number of amides is 1. The van der Waals surface area contributed by atoms with Gasteiger partial charge in [-0.05, 0) is 44.9 Å². The Balaban J connectivity index is 2.03. The summed E-state index contributed by atoms with van der Waals surface area (Å²) in [7, 11) is 0. The maximum absolute atomic E-state index is 13.3. The van der Waals surface area contributed by atoms with Crippen LogP contribution in [0.5, 0.6) is 0 Å². The number of nitriles is 1. The third kappa shape index (κ3) is 4.52. The normalized spacial score (nSPS) is 17.8. The van der Waals surface area contributed by atoms with Gasteiger partial charge in [-0.3, -0.25) is 9.69 Å². The first-order valence-electron chi connectivity index (χ1n) is 9.39. The highest BCUT2D eigenvalue weighted by molar-refractivity contribution is 8.05. The van der Waals surface area contributed by atoms with Crippen LogP contribution >= 0.6 is 11.8 Å². The molecule has 0 bridgehead atoms. The summed E-state index contributed by atoms with van der Waals surface area (Å²) in [4.78, 5) is 27.1. The van der Waals surface area contributed by atoms with Crippen molar-refractivity contribution in [1.29, 1.82) is 5.26 Å². The smallest absolute Gasteiger partial charge is 0.351 e. The lowest BCUT2D eigenvalue weighted by atomic mass is 10.1. The predicted molar refractivity (Wildman–Crippen MR) is 114 cm³/mol. The molecule has 1 amide bonds. The fourth-order valence-corrected chi connectivity index (χ4v) is 4.46. The number of benzene rings is 2. The van der Waals surface area contributed by atoms with Crippen LogP contribution < -0.4 is 4.90 Å². The van der Waals surface area contributed by atoms with Crippen molar-refractivity contribution in [2.24, 2.45) is 0 Å². The Bertz CT molecular complexity index is 1010. The maximum Gasteiger partial charge on any atom is 0.351 e. The van der Waals surface area contributed by atoms with Gasteiger partial charge < -0.3 is 4.74 Å². The van der Waals surface area contributed by atoms with Gasteiger partial charge >= 0.3 is 5.97 Å². The van der Waals surface area contributed by atoms with Gasteiger partial charge in [0.25, 0.3) is 0 Å². The third-order valence-electron chi connectivity index (χ3n) is 4.55. The van der Waals surface area contributed by atoms with Crippen molar-refractivity contribution in [3.8, 4) is 6.07 Å². The number of carbonyl (C=O) groups excluding carboxylic acids is 2. The number of hydrogen-bond acceptors (Lipinski definition) is 5. The lowest BCUT2D eigenvalue weighted by Gasteiger charge is -2.18. The SMILES string of the molecule is CCOC(=O)C(C#N)=C1SC(Cc2cccc(C)c2)C(=O)N1c1ccc(C)cc1. The first kappa shape index (κ1) is 20.7. The number of hydrogen-bond donors (Lipinski definition) is 0. The molecule has 29 heavy (non-hydrogen) atoms. The average molecular weight is 407 g/mol. The standard InChI is InChI=1S/C23H22N2O3S/c1-4-28-23(27)19(14-24)22-25(18-10-8-15(2)9-11-18)21(26)20(29-22)13-17-7-5-6-16(3)12-17/h5-12,20H,4,13H2,1-3H3. The van der Waals surface area contributed by atoms with E-state index in [1.807, 2.05) is 68.4 Å². The lowest BCUT2D eigenvalue weighted by Crippen LogP contribution is -2.30. The molecule has 1 aliphatic heterocycles. The molecule has 0 aliphatic carbocycles. The minimum Gasteiger partial charge on any atom is -0.462 e. The zero-order valence-electron chi connectivity index (χ0n) is 16.6. The summed E-state index contributed by atoms with van der Waals surface area (Å²) < 4.78 is 5.04. The first-order valence-corrected chi connectivity index (χ1v) is 10.3. The Morgan fingerprint density at radius 3 is 2.52 bits per heavy atom. The van der Waals surface area contributed by atoms with E-state index in [-0.39, 0.29) is 18.1 Å². The summed E-state index contributed by atoms with van der Waals surface area (Å²) in [5.74, 6) is -0.856. The topological polar surface area (TPSA) is 70.4 Å². The summed E-state index contributed by atoms with van der Waals surface area (Å²) in [6.45, 7) is 5.81. The van der Waals surface area contributed by atoms with E-state index in [9.17, 15) is 14.9 Å². The summed E-state index contributed by atoms with van der Waals surface area (Å²) in [6.07, 6.45) is 0.512. The van der Waals surface area contributed by atoms with E-state index in [4.69, 9.17) is 4.74 Å². The lowest BCUT2D eigenvalue weighted by molar-refractivity contribution is -0.138. The number of nitrogens with zero attached hydrogens (tertiary/aromatic N) is 2. The molecule has 1 aliphatic rings. The molecule has 0 saturated carbocycles. The van der Waals surface area contributed by atoms with Gasteiger partial charge in [0.2, 0.25) is 5.91 Å². The van der Waals surface area contributed by atoms with Gasteiger partial charge in [0.15, 0.2) is 5.57 Å². The Morgan fingerprint density at radius 2 is 1.90 bits per heavy atom. The van der Waals surface area contributed by atoms with E-state index in [0.29, 0.717) is 17.1 Å². The average Bonchev–Trinajstić information content (AvgIpc) is 2.99. The van der Waals surface area contributed by atoms with Gasteiger partial charge in [-0.1, -0.05) is 59.3 Å². The van der Waals surface area contributed by atoms with Gasteiger partial charge in [-0.15, -0.1) is 0 Å². The summed E-state index contributed by atoms with van der Waals surface area (Å²) in [6, 6.07) is 17.4. The van der Waals surface area contributed by atoms with Gasteiger partial charge in [0.05, 0.1) is 11.9 Å².